The molecule has 1 aliphatic heterocycles. The molecule has 1 fully saturated rings. The highest BCUT2D eigenvalue weighted by Gasteiger charge is 2.30. The number of sulfonamides is 1. The van der Waals surface area contributed by atoms with Gasteiger partial charge >= 0.3 is 0 Å². The number of β-amino-alcohol motifs (C(OH)–C–C–N with tert-alkyl or cyclic N) is 1. The summed E-state index contributed by atoms with van der Waals surface area (Å²) >= 11 is 7.14. The highest BCUT2D eigenvalue weighted by Crippen LogP contribution is 2.42. The van der Waals surface area contributed by atoms with Crippen LogP contribution >= 0.6 is 24.0 Å². The van der Waals surface area contributed by atoms with E-state index in [1.54, 1.807) is 36.5 Å². The van der Waals surface area contributed by atoms with E-state index in [1.807, 2.05) is 12.1 Å². The first-order chi connectivity index (χ1) is 19.3. The summed E-state index contributed by atoms with van der Waals surface area (Å²) in [6, 6.07) is 12.0. The SMILES string of the molecule is COc1cc(N(CCSC(=S)N2CCN(CCO)CC2)S(=O)(=O)c2cccc3cccnc23)cc(OC)c1OC. The molecule has 0 unspecified atom stereocenters. The molecule has 1 saturated heterocycles. The first-order valence-corrected chi connectivity index (χ1v) is 15.6. The lowest BCUT2D eigenvalue weighted by Crippen LogP contribution is -2.48. The molecule has 0 atom stereocenters. The average Bonchev–Trinajstić information content (AvgIpc) is 2.98. The Kier molecular flexibility index (Phi) is 10.3. The highest BCUT2D eigenvalue weighted by molar-refractivity contribution is 8.22. The molecule has 0 radical (unpaired) electrons. The number of hydrogen-bond donors (Lipinski definition) is 1. The minimum Gasteiger partial charge on any atom is -0.493 e. The van der Waals surface area contributed by atoms with E-state index in [4.69, 9.17) is 26.4 Å². The molecule has 13 heteroatoms. The standard InChI is InChI=1S/C27H34N4O6S3/c1-35-22-18-21(19-23(36-2)26(22)37-3)31(15-17-39-27(38)30-12-10-29(11-13-30)14-16-32)40(33,34)24-8-4-6-20-7-5-9-28-25(20)24/h4-9,18-19,32H,10-17H2,1-3H3. The quantitative estimate of drug-likeness (QED) is 0.326. The van der Waals surface area contributed by atoms with Gasteiger partial charge in [0.1, 0.15) is 9.22 Å². The lowest BCUT2D eigenvalue weighted by molar-refractivity contribution is 0.149. The van der Waals surface area contributed by atoms with Crippen LogP contribution in [0.15, 0.2) is 53.6 Å². The molecule has 3 aromatic rings. The average molecular weight is 607 g/mol. The van der Waals surface area contributed by atoms with Crippen molar-refractivity contribution in [2.45, 2.75) is 4.90 Å². The van der Waals surface area contributed by atoms with Crippen LogP contribution in [0.25, 0.3) is 10.9 Å². The van der Waals surface area contributed by atoms with E-state index in [1.165, 1.54) is 37.4 Å². The number of aliphatic hydroxyl groups excluding tert-OH is 1. The minimum atomic E-state index is -4.07. The third-order valence-corrected chi connectivity index (χ3v) is 10.0. The maximum Gasteiger partial charge on any atom is 0.266 e. The fourth-order valence-corrected chi connectivity index (χ4v) is 7.58. The smallest absolute Gasteiger partial charge is 0.266 e. The summed E-state index contributed by atoms with van der Waals surface area (Å²) in [6.45, 7) is 4.10. The van der Waals surface area contributed by atoms with Gasteiger partial charge < -0.3 is 24.2 Å². The molecule has 40 heavy (non-hydrogen) atoms. The van der Waals surface area contributed by atoms with Gasteiger partial charge in [0.15, 0.2) is 11.5 Å². The monoisotopic (exact) mass is 606 g/mol. The fourth-order valence-electron chi connectivity index (χ4n) is 4.61. The number of thiocarbonyl (C=S) groups is 1. The van der Waals surface area contributed by atoms with Crippen LogP contribution in [-0.2, 0) is 10.0 Å². The Hall–Kier alpha value is -2.84. The number of anilines is 1. The van der Waals surface area contributed by atoms with Gasteiger partial charge in [-0.2, -0.15) is 0 Å². The first kappa shape index (κ1) is 30.1. The maximum atomic E-state index is 14.3. The molecular formula is C27H34N4O6S3. The van der Waals surface area contributed by atoms with Gasteiger partial charge in [-0.05, 0) is 12.1 Å². The number of aliphatic hydroxyl groups is 1. The minimum absolute atomic E-state index is 0.104. The molecule has 1 aromatic heterocycles. The summed E-state index contributed by atoms with van der Waals surface area (Å²) < 4.78 is 47.1. The topological polar surface area (TPSA) is 105 Å². The van der Waals surface area contributed by atoms with Crippen LogP contribution < -0.4 is 18.5 Å². The second-order valence-corrected chi connectivity index (χ2v) is 12.5. The van der Waals surface area contributed by atoms with Crippen LogP contribution in [-0.4, -0.2) is 106 Å². The third-order valence-electron chi connectivity index (χ3n) is 6.67. The zero-order valence-electron chi connectivity index (χ0n) is 22.8. The molecule has 0 aliphatic carbocycles. The molecule has 0 amide bonds. The van der Waals surface area contributed by atoms with E-state index >= 15 is 0 Å². The van der Waals surface area contributed by atoms with E-state index in [0.717, 1.165) is 35.9 Å². The van der Waals surface area contributed by atoms with Crippen LogP contribution in [0.2, 0.25) is 0 Å². The number of aromatic nitrogens is 1. The maximum absolute atomic E-state index is 14.3. The zero-order valence-corrected chi connectivity index (χ0v) is 25.2. The van der Waals surface area contributed by atoms with Crippen molar-refractivity contribution < 1.29 is 27.7 Å². The number of para-hydroxylation sites is 1. The van der Waals surface area contributed by atoms with E-state index in [9.17, 15) is 13.5 Å². The summed E-state index contributed by atoms with van der Waals surface area (Å²) in [6.07, 6.45) is 1.58. The van der Waals surface area contributed by atoms with E-state index in [-0.39, 0.29) is 18.0 Å². The second-order valence-electron chi connectivity index (χ2n) is 8.96. The lowest BCUT2D eigenvalue weighted by Gasteiger charge is -2.35. The number of fused-ring (bicyclic) bond motifs is 1. The number of pyridine rings is 1. The van der Waals surface area contributed by atoms with Crippen LogP contribution in [0.3, 0.4) is 0 Å². The van der Waals surface area contributed by atoms with Gasteiger partial charge in [0.05, 0.1) is 39.1 Å². The molecule has 0 spiro atoms. The van der Waals surface area contributed by atoms with Crippen LogP contribution in [0.4, 0.5) is 5.69 Å². The molecule has 4 rings (SSSR count). The van der Waals surface area contributed by atoms with Gasteiger partial charge in [-0.1, -0.05) is 42.2 Å². The molecule has 2 heterocycles. The molecule has 0 saturated carbocycles. The number of rotatable bonds is 11. The Bertz CT molecular complexity index is 1400. The van der Waals surface area contributed by atoms with Crippen molar-refractivity contribution in [3.05, 3.63) is 48.7 Å². The predicted molar refractivity (Wildman–Crippen MR) is 163 cm³/mol. The zero-order chi connectivity index (χ0) is 28.7. The van der Waals surface area contributed by atoms with Crippen molar-refractivity contribution in [3.63, 3.8) is 0 Å². The molecule has 1 N–H and O–H groups in total. The third kappa shape index (κ3) is 6.55. The number of methoxy groups -OCH3 is 3. The molecule has 0 bridgehead atoms. The van der Waals surface area contributed by atoms with E-state index < -0.39 is 10.0 Å². The van der Waals surface area contributed by atoms with Gasteiger partial charge in [0.25, 0.3) is 10.0 Å². The number of thioether (sulfide) groups is 1. The van der Waals surface area contributed by atoms with Gasteiger partial charge in [0.2, 0.25) is 5.75 Å². The molecular weight excluding hydrogens is 573 g/mol. The Morgan fingerprint density at radius 3 is 2.35 bits per heavy atom. The normalized spacial score (nSPS) is 14.2. The van der Waals surface area contributed by atoms with Gasteiger partial charge in [-0.25, -0.2) is 8.42 Å². The summed E-state index contributed by atoms with van der Waals surface area (Å²) in [5.41, 5.74) is 0.762. The molecule has 10 nitrogen and oxygen atoms in total. The molecule has 2 aromatic carbocycles. The summed E-state index contributed by atoms with van der Waals surface area (Å²) in [5.74, 6) is 1.48. The van der Waals surface area contributed by atoms with Crippen molar-refractivity contribution >= 4 is 54.9 Å². The van der Waals surface area contributed by atoms with Crippen molar-refractivity contribution in [1.82, 2.24) is 14.8 Å². The van der Waals surface area contributed by atoms with Gasteiger partial charge in [-0.3, -0.25) is 14.2 Å². The predicted octanol–water partition coefficient (Wildman–Crippen LogP) is 3.08. The fraction of sp³-hybridized carbons (Fsp3) is 0.407. The van der Waals surface area contributed by atoms with Crippen molar-refractivity contribution in [2.75, 3.05) is 77.3 Å². The Morgan fingerprint density at radius 1 is 1.05 bits per heavy atom. The Labute approximate surface area is 244 Å². The Morgan fingerprint density at radius 2 is 1.73 bits per heavy atom. The summed E-state index contributed by atoms with van der Waals surface area (Å²) in [7, 11) is 0.408. The number of ether oxygens (including phenoxy) is 3. The number of benzene rings is 2. The second kappa shape index (κ2) is 13.7. The highest BCUT2D eigenvalue weighted by atomic mass is 32.2. The molecule has 216 valence electrons. The summed E-state index contributed by atoms with van der Waals surface area (Å²) in [5, 5.41) is 9.92. The molecule has 1 aliphatic rings. The van der Waals surface area contributed by atoms with Crippen molar-refractivity contribution in [3.8, 4) is 17.2 Å². The van der Waals surface area contributed by atoms with Crippen LogP contribution in [0.5, 0.6) is 17.2 Å². The number of hydrogen-bond acceptors (Lipinski definition) is 10. The van der Waals surface area contributed by atoms with Crippen molar-refractivity contribution in [1.29, 1.82) is 0 Å². The van der Waals surface area contributed by atoms with E-state index in [0.29, 0.717) is 40.8 Å². The lowest BCUT2D eigenvalue weighted by atomic mass is 10.2. The largest absolute Gasteiger partial charge is 0.493 e. The Balaban J connectivity index is 1.64. The van der Waals surface area contributed by atoms with E-state index in [2.05, 4.69) is 14.8 Å². The number of nitrogens with zero attached hydrogens (tertiary/aromatic N) is 4. The van der Waals surface area contributed by atoms with Gasteiger partial charge in [-0.15, -0.1) is 0 Å². The summed E-state index contributed by atoms with van der Waals surface area (Å²) in [4.78, 5) is 8.80. The van der Waals surface area contributed by atoms with Gasteiger partial charge in [0, 0.05) is 68.7 Å². The number of piperazine rings is 1. The van der Waals surface area contributed by atoms with Crippen LogP contribution in [0.1, 0.15) is 0 Å². The first-order valence-electron chi connectivity index (χ1n) is 12.8. The van der Waals surface area contributed by atoms with Crippen molar-refractivity contribution in [2.24, 2.45) is 0 Å². The van der Waals surface area contributed by atoms with Crippen LogP contribution in [0, 0.1) is 0 Å².